The third-order valence-electron chi connectivity index (χ3n) is 3.33. The minimum atomic E-state index is -0.948. The van der Waals surface area contributed by atoms with Gasteiger partial charge in [-0.15, -0.1) is 0 Å². The topological polar surface area (TPSA) is 53.1 Å². The van der Waals surface area contributed by atoms with E-state index >= 15 is 0 Å². The van der Waals surface area contributed by atoms with E-state index in [0.717, 1.165) is 10.0 Å². The van der Waals surface area contributed by atoms with Gasteiger partial charge in [0.25, 0.3) is 0 Å². The number of carboxylic acid groups (broad SMARTS) is 1. The van der Waals surface area contributed by atoms with Crippen molar-refractivity contribution < 1.29 is 14.3 Å². The zero-order valence-electron chi connectivity index (χ0n) is 10.9. The van der Waals surface area contributed by atoms with Crippen LogP contribution in [0, 0.1) is 5.82 Å². The molecule has 0 spiro atoms. The minimum Gasteiger partial charge on any atom is -0.481 e. The molecule has 0 atom stereocenters. The normalized spacial score (nSPS) is 11.0. The molecule has 5 heteroatoms. The van der Waals surface area contributed by atoms with E-state index in [4.69, 9.17) is 5.11 Å². The molecule has 3 aromatic rings. The lowest BCUT2D eigenvalue weighted by atomic mass is 10.0. The van der Waals surface area contributed by atoms with Gasteiger partial charge in [0.2, 0.25) is 0 Å². The number of halogens is 2. The highest BCUT2D eigenvalue weighted by Crippen LogP contribution is 2.33. The summed E-state index contributed by atoms with van der Waals surface area (Å²) in [5, 5.41) is 9.73. The van der Waals surface area contributed by atoms with Crippen molar-refractivity contribution in [1.29, 1.82) is 0 Å². The molecule has 21 heavy (non-hydrogen) atoms. The van der Waals surface area contributed by atoms with Crippen LogP contribution >= 0.6 is 15.9 Å². The average molecular weight is 348 g/mol. The Hall–Kier alpha value is -2.14. The van der Waals surface area contributed by atoms with Gasteiger partial charge in [0.05, 0.1) is 17.6 Å². The first kappa shape index (κ1) is 13.8. The van der Waals surface area contributed by atoms with Gasteiger partial charge in [0, 0.05) is 9.86 Å². The monoisotopic (exact) mass is 347 g/mol. The number of benzene rings is 2. The molecule has 0 saturated carbocycles. The molecule has 3 nitrogen and oxygen atoms in total. The van der Waals surface area contributed by atoms with Crippen molar-refractivity contribution in [3.63, 3.8) is 0 Å². The van der Waals surface area contributed by atoms with Crippen LogP contribution < -0.4 is 0 Å². The van der Waals surface area contributed by atoms with Crippen molar-refractivity contribution in [2.45, 2.75) is 6.42 Å². The number of carboxylic acids is 1. The van der Waals surface area contributed by atoms with Crippen LogP contribution in [0.25, 0.3) is 22.2 Å². The molecule has 0 fully saturated rings. The van der Waals surface area contributed by atoms with Gasteiger partial charge < -0.3 is 10.1 Å². The Morgan fingerprint density at radius 1 is 1.24 bits per heavy atom. The molecule has 3 rings (SSSR count). The zero-order valence-corrected chi connectivity index (χ0v) is 12.4. The summed E-state index contributed by atoms with van der Waals surface area (Å²) < 4.78 is 14.8. The second-order valence-corrected chi connectivity index (χ2v) is 5.64. The second-order valence-electron chi connectivity index (χ2n) is 4.72. The zero-order chi connectivity index (χ0) is 15.0. The fourth-order valence-electron chi connectivity index (χ4n) is 2.46. The maximum absolute atomic E-state index is 13.9. The summed E-state index contributed by atoms with van der Waals surface area (Å²) >= 11 is 3.39. The maximum Gasteiger partial charge on any atom is 0.307 e. The van der Waals surface area contributed by atoms with E-state index in [2.05, 4.69) is 20.9 Å². The third kappa shape index (κ3) is 2.56. The van der Waals surface area contributed by atoms with Crippen molar-refractivity contribution in [3.05, 3.63) is 58.3 Å². The molecule has 2 N–H and O–H groups in total. The Bertz CT molecular complexity index is 841. The molecule has 0 aliphatic heterocycles. The second kappa shape index (κ2) is 5.33. The first-order valence-electron chi connectivity index (χ1n) is 6.33. The first-order valence-corrected chi connectivity index (χ1v) is 7.12. The summed E-state index contributed by atoms with van der Waals surface area (Å²) in [7, 11) is 0. The van der Waals surface area contributed by atoms with E-state index in [-0.39, 0.29) is 12.2 Å². The molecule has 0 bridgehead atoms. The summed E-state index contributed by atoms with van der Waals surface area (Å²) in [6, 6.07) is 12.1. The molecule has 2 aromatic carbocycles. The molecular weight excluding hydrogens is 337 g/mol. The summed E-state index contributed by atoms with van der Waals surface area (Å²) in [4.78, 5) is 14.2. The number of fused-ring (bicyclic) bond motifs is 1. The van der Waals surface area contributed by atoms with E-state index in [1.54, 1.807) is 12.1 Å². The van der Waals surface area contributed by atoms with Gasteiger partial charge in [-0.25, -0.2) is 4.39 Å². The molecule has 1 aromatic heterocycles. The minimum absolute atomic E-state index is 0.161. The van der Waals surface area contributed by atoms with Crippen LogP contribution in [0.1, 0.15) is 5.56 Å². The first-order chi connectivity index (χ1) is 10.1. The molecule has 0 radical (unpaired) electrons. The molecule has 0 aliphatic rings. The van der Waals surface area contributed by atoms with Crippen LogP contribution in [0.3, 0.4) is 0 Å². The number of para-hydroxylation sites is 1. The summed E-state index contributed by atoms with van der Waals surface area (Å²) in [6.07, 6.45) is -0.161. The fourth-order valence-corrected chi connectivity index (χ4v) is 2.86. The molecule has 0 unspecified atom stereocenters. The van der Waals surface area contributed by atoms with Gasteiger partial charge in [0.15, 0.2) is 0 Å². The smallest absolute Gasteiger partial charge is 0.307 e. The number of carbonyl (C=O) groups is 1. The highest BCUT2D eigenvalue weighted by molar-refractivity contribution is 9.10. The molecule has 1 heterocycles. The number of rotatable bonds is 3. The molecular formula is C16H11BrFNO2. The SMILES string of the molecule is O=C(O)Cc1c(-c2cccc(Br)c2)[nH]c2c(F)cccc12. The maximum atomic E-state index is 13.9. The van der Waals surface area contributed by atoms with Gasteiger partial charge in [-0.2, -0.15) is 0 Å². The number of hydrogen-bond acceptors (Lipinski definition) is 1. The highest BCUT2D eigenvalue weighted by Gasteiger charge is 2.17. The molecule has 0 amide bonds. The number of aromatic amines is 1. The Morgan fingerprint density at radius 2 is 2.00 bits per heavy atom. The van der Waals surface area contributed by atoms with Gasteiger partial charge in [-0.3, -0.25) is 4.79 Å². The summed E-state index contributed by atoms with van der Waals surface area (Å²) in [5.41, 5.74) is 2.38. The van der Waals surface area contributed by atoms with Crippen LogP contribution in [-0.4, -0.2) is 16.1 Å². The van der Waals surface area contributed by atoms with Gasteiger partial charge in [-0.05, 0) is 29.3 Å². The fraction of sp³-hybridized carbons (Fsp3) is 0.0625. The Balaban J connectivity index is 2.30. The summed E-state index contributed by atoms with van der Waals surface area (Å²) in [6.45, 7) is 0. The molecule has 0 aliphatic carbocycles. The number of nitrogens with one attached hydrogen (secondary N) is 1. The number of aliphatic carboxylic acids is 1. The largest absolute Gasteiger partial charge is 0.481 e. The van der Waals surface area contributed by atoms with Gasteiger partial charge >= 0.3 is 5.97 Å². The average Bonchev–Trinajstić information content (AvgIpc) is 2.79. The lowest BCUT2D eigenvalue weighted by molar-refractivity contribution is -0.136. The van der Waals surface area contributed by atoms with Crippen molar-refractivity contribution >= 4 is 32.8 Å². The lowest BCUT2D eigenvalue weighted by Gasteiger charge is -2.03. The van der Waals surface area contributed by atoms with E-state index in [0.29, 0.717) is 22.2 Å². The predicted octanol–water partition coefficient (Wildman–Crippen LogP) is 4.36. The van der Waals surface area contributed by atoms with Crippen LogP contribution in [0.2, 0.25) is 0 Å². The van der Waals surface area contributed by atoms with Gasteiger partial charge in [-0.1, -0.05) is 40.2 Å². The van der Waals surface area contributed by atoms with Crippen LogP contribution in [-0.2, 0) is 11.2 Å². The molecule has 0 saturated heterocycles. The lowest BCUT2D eigenvalue weighted by Crippen LogP contribution is -2.00. The highest BCUT2D eigenvalue weighted by atomic mass is 79.9. The number of aromatic nitrogens is 1. The number of hydrogen-bond donors (Lipinski definition) is 2. The van der Waals surface area contributed by atoms with E-state index in [1.165, 1.54) is 6.07 Å². The predicted molar refractivity (Wildman–Crippen MR) is 82.7 cm³/mol. The van der Waals surface area contributed by atoms with Crippen molar-refractivity contribution in [3.8, 4) is 11.3 Å². The van der Waals surface area contributed by atoms with Crippen LogP contribution in [0.15, 0.2) is 46.9 Å². The Labute approximate surface area is 128 Å². The van der Waals surface area contributed by atoms with Crippen LogP contribution in [0.4, 0.5) is 4.39 Å². The van der Waals surface area contributed by atoms with E-state index in [1.807, 2.05) is 24.3 Å². The standard InChI is InChI=1S/C16H11BrFNO2/c17-10-4-1-3-9(7-10)15-12(8-14(20)21)11-5-2-6-13(18)16(11)19-15/h1-7,19H,8H2,(H,20,21). The van der Waals surface area contributed by atoms with Crippen molar-refractivity contribution in [2.24, 2.45) is 0 Å². The van der Waals surface area contributed by atoms with E-state index in [9.17, 15) is 9.18 Å². The number of H-pyrrole nitrogens is 1. The van der Waals surface area contributed by atoms with Crippen molar-refractivity contribution in [1.82, 2.24) is 4.98 Å². The van der Waals surface area contributed by atoms with E-state index < -0.39 is 5.97 Å². The third-order valence-corrected chi connectivity index (χ3v) is 3.83. The van der Waals surface area contributed by atoms with Crippen LogP contribution in [0.5, 0.6) is 0 Å². The van der Waals surface area contributed by atoms with Crippen molar-refractivity contribution in [2.75, 3.05) is 0 Å². The Kier molecular flexibility index (Phi) is 3.51. The van der Waals surface area contributed by atoms with Gasteiger partial charge in [0.1, 0.15) is 5.82 Å². The Morgan fingerprint density at radius 3 is 2.71 bits per heavy atom. The molecule has 106 valence electrons. The summed E-state index contributed by atoms with van der Waals surface area (Å²) in [5.74, 6) is -1.34. The quantitative estimate of drug-likeness (QED) is 0.739.